The van der Waals surface area contributed by atoms with Gasteiger partial charge in [0.25, 0.3) is 0 Å². The van der Waals surface area contributed by atoms with Crippen LogP contribution in [0.3, 0.4) is 0 Å². The van der Waals surface area contributed by atoms with Gasteiger partial charge < -0.3 is 5.73 Å². The summed E-state index contributed by atoms with van der Waals surface area (Å²) in [4.78, 5) is 6.04. The Kier molecular flexibility index (Phi) is 4.51. The van der Waals surface area contributed by atoms with Gasteiger partial charge in [0.2, 0.25) is 0 Å². The molecule has 0 fully saturated rings. The molecule has 0 bridgehead atoms. The largest absolute Gasteiger partial charge is 0.321 e. The van der Waals surface area contributed by atoms with Crippen LogP contribution in [0.5, 0.6) is 0 Å². The maximum absolute atomic E-state index is 6.20. The summed E-state index contributed by atoms with van der Waals surface area (Å²) >= 11 is 1.81. The fraction of sp³-hybridized carbons (Fsp3) is 0.769. The van der Waals surface area contributed by atoms with Gasteiger partial charge in [0.1, 0.15) is 0 Å². The lowest BCUT2D eigenvalue weighted by Gasteiger charge is -2.17. The summed E-state index contributed by atoms with van der Waals surface area (Å²) in [6, 6.07) is 0. The van der Waals surface area contributed by atoms with E-state index in [1.165, 1.54) is 15.6 Å². The third kappa shape index (κ3) is 2.83. The molecule has 16 heavy (non-hydrogen) atoms. The smallest absolute Gasteiger partial charge is 0.0962 e. The van der Waals surface area contributed by atoms with Crippen molar-refractivity contribution in [1.82, 2.24) is 4.98 Å². The maximum atomic E-state index is 6.20. The summed E-state index contributed by atoms with van der Waals surface area (Å²) < 4.78 is 0. The van der Waals surface area contributed by atoms with Gasteiger partial charge in [-0.3, -0.25) is 0 Å². The topological polar surface area (TPSA) is 38.9 Å². The summed E-state index contributed by atoms with van der Waals surface area (Å²) in [5.74, 6) is 0.603. The quantitative estimate of drug-likeness (QED) is 0.850. The van der Waals surface area contributed by atoms with Gasteiger partial charge in [-0.1, -0.05) is 20.8 Å². The molecule has 0 radical (unpaired) electrons. The number of aryl methyl sites for hydroxylation is 1. The number of thiazole rings is 1. The van der Waals surface area contributed by atoms with Crippen LogP contribution in [0.25, 0.3) is 0 Å². The number of nitrogens with two attached hydrogens (primary N) is 1. The second-order valence-electron chi connectivity index (χ2n) is 4.92. The number of rotatable bonds is 5. The van der Waals surface area contributed by atoms with E-state index in [4.69, 9.17) is 10.7 Å². The average molecular weight is 240 g/mol. The van der Waals surface area contributed by atoms with Crippen LogP contribution < -0.4 is 5.73 Å². The van der Waals surface area contributed by atoms with Crippen LogP contribution in [0.4, 0.5) is 0 Å². The van der Waals surface area contributed by atoms with Gasteiger partial charge in [0, 0.05) is 16.3 Å². The number of hydrogen-bond acceptors (Lipinski definition) is 3. The van der Waals surface area contributed by atoms with E-state index in [-0.39, 0.29) is 5.54 Å². The minimum Gasteiger partial charge on any atom is -0.321 e. The molecule has 2 nitrogen and oxygen atoms in total. The van der Waals surface area contributed by atoms with Crippen LogP contribution in [-0.4, -0.2) is 4.98 Å². The van der Waals surface area contributed by atoms with Gasteiger partial charge in [-0.05, 0) is 33.1 Å². The van der Waals surface area contributed by atoms with Crippen molar-refractivity contribution in [2.45, 2.75) is 65.3 Å². The van der Waals surface area contributed by atoms with E-state index < -0.39 is 0 Å². The molecule has 3 heteroatoms. The van der Waals surface area contributed by atoms with Gasteiger partial charge in [-0.2, -0.15) is 0 Å². The summed E-state index contributed by atoms with van der Waals surface area (Å²) in [6.45, 7) is 10.7. The molecule has 2 N–H and O–H groups in total. The molecule has 92 valence electrons. The molecule has 0 aliphatic carbocycles. The Hall–Kier alpha value is -0.410. The fourth-order valence-corrected chi connectivity index (χ4v) is 3.36. The fourth-order valence-electron chi connectivity index (χ4n) is 1.93. The molecular weight excluding hydrogens is 216 g/mol. The Morgan fingerprint density at radius 2 is 1.81 bits per heavy atom. The van der Waals surface area contributed by atoms with Crippen LogP contribution in [0.15, 0.2) is 0 Å². The summed E-state index contributed by atoms with van der Waals surface area (Å²) in [5.41, 5.74) is 7.14. The molecule has 0 spiro atoms. The highest BCUT2D eigenvalue weighted by Gasteiger charge is 2.24. The van der Waals surface area contributed by atoms with Crippen molar-refractivity contribution < 1.29 is 0 Å². The Morgan fingerprint density at radius 3 is 2.12 bits per heavy atom. The van der Waals surface area contributed by atoms with Crippen molar-refractivity contribution >= 4 is 11.3 Å². The summed E-state index contributed by atoms with van der Waals surface area (Å²) in [6.07, 6.45) is 3.31. The third-order valence-corrected chi connectivity index (χ3v) is 4.57. The highest BCUT2D eigenvalue weighted by atomic mass is 32.1. The Balaban J connectivity index is 3.12. The van der Waals surface area contributed by atoms with Gasteiger partial charge in [-0.25, -0.2) is 4.98 Å². The molecule has 0 amide bonds. The molecule has 1 heterocycles. The standard InChI is InChI=1S/C13H24N2S/c1-6-9(7-2)12-15-10(8-3)11(16-12)13(4,5)14/h9H,6-8,14H2,1-5H3. The van der Waals surface area contributed by atoms with Gasteiger partial charge in [-0.15, -0.1) is 11.3 Å². The van der Waals surface area contributed by atoms with Gasteiger partial charge >= 0.3 is 0 Å². The first kappa shape index (κ1) is 13.7. The lowest BCUT2D eigenvalue weighted by atomic mass is 10.0. The van der Waals surface area contributed by atoms with Crippen molar-refractivity contribution in [3.63, 3.8) is 0 Å². The van der Waals surface area contributed by atoms with E-state index in [2.05, 4.69) is 34.6 Å². The van der Waals surface area contributed by atoms with Crippen molar-refractivity contribution in [2.24, 2.45) is 5.73 Å². The first-order valence-electron chi connectivity index (χ1n) is 6.22. The molecule has 1 aromatic heterocycles. The van der Waals surface area contributed by atoms with Crippen molar-refractivity contribution in [2.75, 3.05) is 0 Å². The van der Waals surface area contributed by atoms with E-state index in [1.54, 1.807) is 0 Å². The third-order valence-electron chi connectivity index (χ3n) is 2.97. The lowest BCUT2D eigenvalue weighted by molar-refractivity contribution is 0.559. The van der Waals surface area contributed by atoms with Gasteiger partial charge in [0.15, 0.2) is 0 Å². The van der Waals surface area contributed by atoms with Crippen LogP contribution in [0, 0.1) is 0 Å². The average Bonchev–Trinajstić information content (AvgIpc) is 2.63. The Morgan fingerprint density at radius 1 is 1.25 bits per heavy atom. The monoisotopic (exact) mass is 240 g/mol. The molecule has 0 aliphatic rings. The lowest BCUT2D eigenvalue weighted by Crippen LogP contribution is -2.28. The second-order valence-corrected chi connectivity index (χ2v) is 5.95. The van der Waals surface area contributed by atoms with Crippen molar-refractivity contribution in [1.29, 1.82) is 0 Å². The predicted octanol–water partition coefficient (Wildman–Crippen LogP) is 3.80. The van der Waals surface area contributed by atoms with Crippen molar-refractivity contribution in [3.8, 4) is 0 Å². The van der Waals surface area contributed by atoms with Crippen LogP contribution in [-0.2, 0) is 12.0 Å². The van der Waals surface area contributed by atoms with E-state index >= 15 is 0 Å². The zero-order valence-electron chi connectivity index (χ0n) is 11.1. The number of hydrogen-bond donors (Lipinski definition) is 1. The SMILES string of the molecule is CCc1nc(C(CC)CC)sc1C(C)(C)N. The Labute approximate surface area is 103 Å². The summed E-state index contributed by atoms with van der Waals surface area (Å²) in [5, 5.41) is 1.27. The molecule has 0 atom stereocenters. The van der Waals surface area contributed by atoms with Crippen LogP contribution in [0.1, 0.15) is 69.0 Å². The maximum Gasteiger partial charge on any atom is 0.0962 e. The van der Waals surface area contributed by atoms with E-state index in [1.807, 2.05) is 11.3 Å². The molecular formula is C13H24N2S. The van der Waals surface area contributed by atoms with E-state index in [0.29, 0.717) is 5.92 Å². The molecule has 0 aliphatic heterocycles. The first-order valence-corrected chi connectivity index (χ1v) is 7.04. The molecule has 1 rings (SSSR count). The molecule has 0 saturated heterocycles. The first-order chi connectivity index (χ1) is 7.43. The highest BCUT2D eigenvalue weighted by Crippen LogP contribution is 2.34. The van der Waals surface area contributed by atoms with E-state index in [0.717, 1.165) is 19.3 Å². The van der Waals surface area contributed by atoms with E-state index in [9.17, 15) is 0 Å². The second kappa shape index (κ2) is 5.28. The minimum absolute atomic E-state index is 0.257. The zero-order valence-corrected chi connectivity index (χ0v) is 11.9. The highest BCUT2D eigenvalue weighted by molar-refractivity contribution is 7.12. The molecule has 1 aromatic rings. The van der Waals surface area contributed by atoms with Crippen molar-refractivity contribution in [3.05, 3.63) is 15.6 Å². The summed E-state index contributed by atoms with van der Waals surface area (Å²) in [7, 11) is 0. The van der Waals surface area contributed by atoms with Gasteiger partial charge in [0.05, 0.1) is 10.7 Å². The van der Waals surface area contributed by atoms with Crippen LogP contribution >= 0.6 is 11.3 Å². The predicted molar refractivity (Wildman–Crippen MR) is 72.0 cm³/mol. The normalized spacial score (nSPS) is 12.4. The zero-order chi connectivity index (χ0) is 12.3. The number of aromatic nitrogens is 1. The Bertz CT molecular complexity index is 332. The molecule has 0 unspecified atom stereocenters. The molecule has 0 saturated carbocycles. The van der Waals surface area contributed by atoms with Crippen LogP contribution in [0.2, 0.25) is 0 Å². The minimum atomic E-state index is -0.257. The number of nitrogens with zero attached hydrogens (tertiary/aromatic N) is 1. The molecule has 0 aromatic carbocycles.